The lowest BCUT2D eigenvalue weighted by molar-refractivity contribution is -0.120. The van der Waals surface area contributed by atoms with E-state index >= 15 is 0 Å². The van der Waals surface area contributed by atoms with E-state index in [1.165, 1.54) is 0 Å². The van der Waals surface area contributed by atoms with Crippen LogP contribution in [-0.4, -0.2) is 35.1 Å². The highest BCUT2D eigenvalue weighted by Crippen LogP contribution is 2.15. The lowest BCUT2D eigenvalue weighted by Crippen LogP contribution is -2.24. The number of hydrogen-bond acceptors (Lipinski definition) is 5. The molecule has 7 heteroatoms. The van der Waals surface area contributed by atoms with Gasteiger partial charge in [0.1, 0.15) is 17.2 Å². The number of hydrogen-bond donors (Lipinski definition) is 1. The Kier molecular flexibility index (Phi) is 5.48. The van der Waals surface area contributed by atoms with Gasteiger partial charge in [0, 0.05) is 6.07 Å². The molecule has 26 heavy (non-hydrogen) atoms. The number of carbonyl (C=O) groups is 1. The zero-order chi connectivity index (χ0) is 18.4. The first kappa shape index (κ1) is 17.5. The van der Waals surface area contributed by atoms with Crippen molar-refractivity contribution in [2.45, 2.75) is 13.0 Å². The maximum atomic E-state index is 12.1. The number of methoxy groups -OCH3 is 2. The Morgan fingerprint density at radius 1 is 1.08 bits per heavy atom. The molecule has 0 saturated carbocycles. The van der Waals surface area contributed by atoms with Gasteiger partial charge >= 0.3 is 0 Å². The summed E-state index contributed by atoms with van der Waals surface area (Å²) in [5.74, 6) is 1.43. The second-order valence-corrected chi connectivity index (χ2v) is 5.66. The van der Waals surface area contributed by atoms with E-state index in [4.69, 9.17) is 9.47 Å². The summed E-state index contributed by atoms with van der Waals surface area (Å²) in [6.07, 6.45) is 2.08. The Hall–Kier alpha value is -3.35. The molecular formula is C19H20N4O3. The van der Waals surface area contributed by atoms with E-state index in [0.717, 1.165) is 22.7 Å². The Bertz CT molecular complexity index is 875. The monoisotopic (exact) mass is 352 g/mol. The molecule has 0 saturated heterocycles. The molecule has 3 rings (SSSR count). The predicted octanol–water partition coefficient (Wildman–Crippen LogP) is 2.14. The van der Waals surface area contributed by atoms with Gasteiger partial charge in [-0.2, -0.15) is 0 Å². The molecule has 0 bridgehead atoms. The lowest BCUT2D eigenvalue weighted by Gasteiger charge is -2.05. The summed E-state index contributed by atoms with van der Waals surface area (Å²) in [4.78, 5) is 12.1. The van der Waals surface area contributed by atoms with Crippen molar-refractivity contribution in [3.8, 4) is 17.2 Å². The topological polar surface area (TPSA) is 78.3 Å². The van der Waals surface area contributed by atoms with Crippen LogP contribution in [-0.2, 0) is 17.8 Å². The van der Waals surface area contributed by atoms with E-state index in [2.05, 4.69) is 15.6 Å². The van der Waals surface area contributed by atoms with Crippen molar-refractivity contribution in [3.63, 3.8) is 0 Å². The Labute approximate surface area is 151 Å². The Morgan fingerprint density at radius 3 is 2.58 bits per heavy atom. The van der Waals surface area contributed by atoms with Crippen LogP contribution in [0.25, 0.3) is 5.69 Å². The largest absolute Gasteiger partial charge is 0.497 e. The van der Waals surface area contributed by atoms with Crippen LogP contribution < -0.4 is 14.8 Å². The average Bonchev–Trinajstić information content (AvgIpc) is 3.16. The fourth-order valence-corrected chi connectivity index (χ4v) is 2.44. The van der Waals surface area contributed by atoms with Gasteiger partial charge in [0.25, 0.3) is 0 Å². The number of ether oxygens (including phenoxy) is 2. The lowest BCUT2D eigenvalue weighted by atomic mass is 10.1. The highest BCUT2D eigenvalue weighted by atomic mass is 16.5. The molecule has 0 fully saturated rings. The smallest absolute Gasteiger partial charge is 0.224 e. The summed E-state index contributed by atoms with van der Waals surface area (Å²) < 4.78 is 12.0. The molecule has 1 amide bonds. The number of nitrogens with zero attached hydrogens (tertiary/aromatic N) is 3. The van der Waals surface area contributed by atoms with E-state index < -0.39 is 0 Å². The minimum atomic E-state index is -0.0777. The van der Waals surface area contributed by atoms with Crippen LogP contribution in [0.3, 0.4) is 0 Å². The fourth-order valence-electron chi connectivity index (χ4n) is 2.44. The molecule has 0 aliphatic rings. The number of amides is 1. The summed E-state index contributed by atoms with van der Waals surface area (Å²) >= 11 is 0. The van der Waals surface area contributed by atoms with Crippen molar-refractivity contribution >= 4 is 5.91 Å². The van der Waals surface area contributed by atoms with Crippen molar-refractivity contribution in [1.82, 2.24) is 20.3 Å². The molecule has 1 aromatic heterocycles. The third-order valence-electron chi connectivity index (χ3n) is 3.85. The van der Waals surface area contributed by atoms with E-state index in [9.17, 15) is 4.79 Å². The zero-order valence-electron chi connectivity index (χ0n) is 14.7. The Morgan fingerprint density at radius 2 is 1.85 bits per heavy atom. The molecule has 0 spiro atoms. The normalized spacial score (nSPS) is 10.4. The summed E-state index contributed by atoms with van der Waals surface area (Å²) in [6.45, 7) is 0.318. The van der Waals surface area contributed by atoms with Gasteiger partial charge in [-0.1, -0.05) is 23.4 Å². The number of rotatable bonds is 7. The van der Waals surface area contributed by atoms with Crippen LogP contribution >= 0.6 is 0 Å². The second-order valence-electron chi connectivity index (χ2n) is 5.66. The first-order chi connectivity index (χ1) is 12.7. The molecule has 0 aliphatic heterocycles. The molecule has 0 aliphatic carbocycles. The van der Waals surface area contributed by atoms with E-state index in [1.54, 1.807) is 25.1 Å². The number of nitrogens with one attached hydrogen (secondary N) is 1. The molecule has 2 aromatic carbocycles. The quantitative estimate of drug-likeness (QED) is 0.705. The maximum Gasteiger partial charge on any atom is 0.224 e. The third kappa shape index (κ3) is 4.38. The van der Waals surface area contributed by atoms with Crippen molar-refractivity contribution in [2.75, 3.05) is 14.2 Å². The molecular weight excluding hydrogens is 332 g/mol. The van der Waals surface area contributed by atoms with Crippen LogP contribution in [0.4, 0.5) is 0 Å². The van der Waals surface area contributed by atoms with Gasteiger partial charge < -0.3 is 14.8 Å². The minimum absolute atomic E-state index is 0.0777. The summed E-state index contributed by atoms with van der Waals surface area (Å²) in [5, 5.41) is 11.0. The van der Waals surface area contributed by atoms with E-state index in [-0.39, 0.29) is 5.91 Å². The van der Waals surface area contributed by atoms with Crippen molar-refractivity contribution < 1.29 is 14.3 Å². The van der Waals surface area contributed by atoms with Gasteiger partial charge in [-0.25, -0.2) is 4.68 Å². The van der Waals surface area contributed by atoms with Crippen LogP contribution in [0.1, 0.15) is 11.3 Å². The highest BCUT2D eigenvalue weighted by Gasteiger charge is 2.07. The molecule has 134 valence electrons. The molecule has 1 heterocycles. The van der Waals surface area contributed by atoms with Crippen molar-refractivity contribution in [1.29, 1.82) is 0 Å². The van der Waals surface area contributed by atoms with E-state index in [0.29, 0.717) is 18.7 Å². The Balaban J connectivity index is 1.56. The summed E-state index contributed by atoms with van der Waals surface area (Å²) in [6, 6.07) is 14.9. The van der Waals surface area contributed by atoms with Gasteiger partial charge in [0.2, 0.25) is 5.91 Å². The second kappa shape index (κ2) is 8.15. The van der Waals surface area contributed by atoms with Gasteiger partial charge in [-0.15, -0.1) is 5.10 Å². The number of carbonyl (C=O) groups excluding carboxylic acids is 1. The average molecular weight is 352 g/mol. The number of benzene rings is 2. The standard InChI is InChI=1S/C19H20N4O3/c1-25-17-8-6-14(7-9-17)10-19(24)20-12-15-13-23(22-21-15)16-4-3-5-18(11-16)26-2/h3-9,11,13H,10,12H2,1-2H3,(H,20,24). The molecule has 1 N–H and O–H groups in total. The summed E-state index contributed by atoms with van der Waals surface area (Å²) in [7, 11) is 3.23. The van der Waals surface area contributed by atoms with Crippen molar-refractivity contribution in [2.24, 2.45) is 0 Å². The molecule has 0 unspecified atom stereocenters. The highest BCUT2D eigenvalue weighted by molar-refractivity contribution is 5.78. The predicted molar refractivity (Wildman–Crippen MR) is 96.5 cm³/mol. The zero-order valence-corrected chi connectivity index (χ0v) is 14.7. The van der Waals surface area contributed by atoms with Crippen LogP contribution in [0, 0.1) is 0 Å². The SMILES string of the molecule is COc1ccc(CC(=O)NCc2cn(-c3cccc(OC)c3)nn2)cc1. The number of aromatic nitrogens is 3. The summed E-state index contributed by atoms with van der Waals surface area (Å²) in [5.41, 5.74) is 2.44. The van der Waals surface area contributed by atoms with Gasteiger partial charge in [0.05, 0.1) is 39.1 Å². The fraction of sp³-hybridized carbons (Fsp3) is 0.211. The van der Waals surface area contributed by atoms with Gasteiger partial charge in [-0.05, 0) is 29.8 Å². The third-order valence-corrected chi connectivity index (χ3v) is 3.85. The maximum absolute atomic E-state index is 12.1. The van der Waals surface area contributed by atoms with Crippen molar-refractivity contribution in [3.05, 3.63) is 66.0 Å². The first-order valence-electron chi connectivity index (χ1n) is 8.13. The van der Waals surface area contributed by atoms with Gasteiger partial charge in [0.15, 0.2) is 0 Å². The van der Waals surface area contributed by atoms with Gasteiger partial charge in [-0.3, -0.25) is 4.79 Å². The van der Waals surface area contributed by atoms with Crippen LogP contribution in [0.15, 0.2) is 54.7 Å². The molecule has 0 radical (unpaired) electrons. The molecule has 7 nitrogen and oxygen atoms in total. The molecule has 3 aromatic rings. The molecule has 0 atom stereocenters. The van der Waals surface area contributed by atoms with Crippen LogP contribution in [0.5, 0.6) is 11.5 Å². The van der Waals surface area contributed by atoms with Crippen LogP contribution in [0.2, 0.25) is 0 Å². The first-order valence-corrected chi connectivity index (χ1v) is 8.13. The van der Waals surface area contributed by atoms with E-state index in [1.807, 2.05) is 48.5 Å². The minimum Gasteiger partial charge on any atom is -0.497 e.